The van der Waals surface area contributed by atoms with Crippen LogP contribution in [0.4, 0.5) is 5.69 Å². The van der Waals surface area contributed by atoms with Crippen molar-refractivity contribution in [1.82, 2.24) is 9.80 Å². The molecule has 0 aromatic heterocycles. The van der Waals surface area contributed by atoms with Crippen LogP contribution in [0.2, 0.25) is 0 Å². The van der Waals surface area contributed by atoms with Gasteiger partial charge in [0, 0.05) is 36.6 Å². The first-order valence-electron chi connectivity index (χ1n) is 7.94. The summed E-state index contributed by atoms with van der Waals surface area (Å²) >= 11 is 1.72. The van der Waals surface area contributed by atoms with E-state index in [9.17, 15) is 9.59 Å². The van der Waals surface area contributed by atoms with E-state index in [0.717, 1.165) is 23.1 Å². The van der Waals surface area contributed by atoms with Crippen LogP contribution >= 0.6 is 11.8 Å². The smallest absolute Gasteiger partial charge is 0.255 e. The average molecular weight is 343 g/mol. The third-order valence-electron chi connectivity index (χ3n) is 4.31. The molecule has 0 atom stereocenters. The summed E-state index contributed by atoms with van der Waals surface area (Å²) in [5.74, 6) is 0.848. The molecule has 0 spiro atoms. The molecule has 2 N–H and O–H groups in total. The van der Waals surface area contributed by atoms with Gasteiger partial charge in [-0.25, -0.2) is 0 Å². The van der Waals surface area contributed by atoms with Crippen molar-refractivity contribution in [3.8, 4) is 0 Å². The Morgan fingerprint density at radius 1 is 1.25 bits per heavy atom. The van der Waals surface area contributed by atoms with Crippen molar-refractivity contribution >= 4 is 40.0 Å². The number of benzene rings is 2. The molecule has 2 amide bonds. The Morgan fingerprint density at radius 3 is 2.83 bits per heavy atom. The first-order valence-corrected chi connectivity index (χ1v) is 9.34. The Hall–Kier alpha value is -2.21. The Kier molecular flexibility index (Phi) is 4.94. The monoisotopic (exact) mass is 343 g/mol. The van der Waals surface area contributed by atoms with E-state index in [0.29, 0.717) is 24.3 Å². The largest absolute Gasteiger partial charge is 0.399 e. The molecule has 5 nitrogen and oxygen atoms in total. The number of hydrogen-bond acceptors (Lipinski definition) is 4. The van der Waals surface area contributed by atoms with Crippen LogP contribution in [0.25, 0.3) is 10.8 Å². The number of nitrogens with two attached hydrogens (primary N) is 1. The van der Waals surface area contributed by atoms with Crippen molar-refractivity contribution in [1.29, 1.82) is 0 Å². The van der Waals surface area contributed by atoms with Crippen LogP contribution in [-0.2, 0) is 4.79 Å². The van der Waals surface area contributed by atoms with E-state index < -0.39 is 0 Å². The maximum atomic E-state index is 12.9. The van der Waals surface area contributed by atoms with Crippen LogP contribution < -0.4 is 5.73 Å². The minimum Gasteiger partial charge on any atom is -0.399 e. The highest BCUT2D eigenvalue weighted by Crippen LogP contribution is 2.23. The molecule has 2 aromatic carbocycles. The SMILES string of the molecule is CSCCN1CCN(C(=O)c2cccc3cc(N)ccc23)CC1=O. The molecule has 6 heteroatoms. The molecule has 0 saturated carbocycles. The van der Waals surface area contributed by atoms with E-state index in [4.69, 9.17) is 5.73 Å². The first-order chi connectivity index (χ1) is 11.6. The third-order valence-corrected chi connectivity index (χ3v) is 4.90. The molecule has 126 valence electrons. The lowest BCUT2D eigenvalue weighted by Gasteiger charge is -2.34. The normalized spacial score (nSPS) is 15.1. The number of piperazine rings is 1. The molecule has 0 aliphatic carbocycles. The van der Waals surface area contributed by atoms with Gasteiger partial charge in [0.15, 0.2) is 0 Å². The predicted molar refractivity (Wildman–Crippen MR) is 99.2 cm³/mol. The zero-order chi connectivity index (χ0) is 17.1. The molecule has 0 unspecified atom stereocenters. The highest BCUT2D eigenvalue weighted by molar-refractivity contribution is 7.98. The van der Waals surface area contributed by atoms with Crippen molar-refractivity contribution < 1.29 is 9.59 Å². The Morgan fingerprint density at radius 2 is 2.08 bits per heavy atom. The number of fused-ring (bicyclic) bond motifs is 1. The summed E-state index contributed by atoms with van der Waals surface area (Å²) in [4.78, 5) is 28.6. The second-order valence-corrected chi connectivity index (χ2v) is 6.87. The van der Waals surface area contributed by atoms with Crippen molar-refractivity contribution in [3.63, 3.8) is 0 Å². The summed E-state index contributed by atoms with van der Waals surface area (Å²) < 4.78 is 0. The fourth-order valence-electron chi connectivity index (χ4n) is 2.98. The van der Waals surface area contributed by atoms with E-state index in [1.165, 1.54) is 0 Å². The summed E-state index contributed by atoms with van der Waals surface area (Å²) in [5.41, 5.74) is 7.11. The standard InChI is InChI=1S/C18H21N3O2S/c1-24-10-9-20-7-8-21(12-17(20)22)18(23)16-4-2-3-13-11-14(19)5-6-15(13)16/h2-6,11H,7-10,12,19H2,1H3. The van der Waals surface area contributed by atoms with E-state index in [-0.39, 0.29) is 18.4 Å². The van der Waals surface area contributed by atoms with Gasteiger partial charge in [0.2, 0.25) is 5.91 Å². The van der Waals surface area contributed by atoms with Crippen molar-refractivity contribution in [2.75, 3.05) is 43.9 Å². The summed E-state index contributed by atoms with van der Waals surface area (Å²) in [6, 6.07) is 11.1. The molecule has 24 heavy (non-hydrogen) atoms. The minimum absolute atomic E-state index is 0.0214. The summed E-state index contributed by atoms with van der Waals surface area (Å²) in [6.07, 6.45) is 2.03. The zero-order valence-electron chi connectivity index (χ0n) is 13.7. The van der Waals surface area contributed by atoms with Crippen molar-refractivity contribution in [3.05, 3.63) is 42.0 Å². The number of hydrogen-bond donors (Lipinski definition) is 1. The van der Waals surface area contributed by atoms with Gasteiger partial charge in [-0.1, -0.05) is 18.2 Å². The number of carbonyl (C=O) groups excluding carboxylic acids is 2. The van der Waals surface area contributed by atoms with Gasteiger partial charge in [0.1, 0.15) is 6.54 Å². The molecule has 1 aliphatic heterocycles. The van der Waals surface area contributed by atoms with Gasteiger partial charge in [-0.05, 0) is 35.2 Å². The van der Waals surface area contributed by atoms with Crippen LogP contribution in [0.5, 0.6) is 0 Å². The maximum absolute atomic E-state index is 12.9. The van der Waals surface area contributed by atoms with Gasteiger partial charge in [-0.15, -0.1) is 0 Å². The quantitative estimate of drug-likeness (QED) is 0.863. The molecular formula is C18H21N3O2S. The number of rotatable bonds is 4. The summed E-state index contributed by atoms with van der Waals surface area (Å²) in [5, 5.41) is 1.81. The van der Waals surface area contributed by atoms with Gasteiger partial charge in [0.25, 0.3) is 5.91 Å². The van der Waals surface area contributed by atoms with E-state index >= 15 is 0 Å². The number of nitrogens with zero attached hydrogens (tertiary/aromatic N) is 2. The number of nitrogen functional groups attached to an aromatic ring is 1. The van der Waals surface area contributed by atoms with Crippen LogP contribution in [0.15, 0.2) is 36.4 Å². The molecule has 0 bridgehead atoms. The fourth-order valence-corrected chi connectivity index (χ4v) is 3.38. The molecule has 3 rings (SSSR count). The lowest BCUT2D eigenvalue weighted by molar-refractivity contribution is -0.134. The molecule has 1 heterocycles. The first kappa shape index (κ1) is 16.6. The Bertz CT molecular complexity index is 778. The van der Waals surface area contributed by atoms with Crippen molar-refractivity contribution in [2.45, 2.75) is 0 Å². The zero-order valence-corrected chi connectivity index (χ0v) is 14.5. The molecule has 0 radical (unpaired) electrons. The highest BCUT2D eigenvalue weighted by Gasteiger charge is 2.28. The number of anilines is 1. The fraction of sp³-hybridized carbons (Fsp3) is 0.333. The number of carbonyl (C=O) groups is 2. The van der Waals surface area contributed by atoms with Crippen LogP contribution in [0.1, 0.15) is 10.4 Å². The molecular weight excluding hydrogens is 322 g/mol. The van der Waals surface area contributed by atoms with Gasteiger partial charge in [-0.3, -0.25) is 9.59 Å². The van der Waals surface area contributed by atoms with Gasteiger partial charge >= 0.3 is 0 Å². The van der Waals surface area contributed by atoms with Crippen LogP contribution in [0.3, 0.4) is 0 Å². The maximum Gasteiger partial charge on any atom is 0.255 e. The van der Waals surface area contributed by atoms with Crippen molar-refractivity contribution in [2.24, 2.45) is 0 Å². The number of thioether (sulfide) groups is 1. The van der Waals surface area contributed by atoms with Crippen LogP contribution in [-0.4, -0.2) is 59.8 Å². The second-order valence-electron chi connectivity index (χ2n) is 5.89. The Balaban J connectivity index is 1.79. The minimum atomic E-state index is -0.0942. The predicted octanol–water partition coefficient (Wildman–Crippen LogP) is 2.07. The van der Waals surface area contributed by atoms with Gasteiger partial charge in [-0.2, -0.15) is 11.8 Å². The topological polar surface area (TPSA) is 66.6 Å². The van der Waals surface area contributed by atoms with E-state index in [2.05, 4.69) is 0 Å². The second kappa shape index (κ2) is 7.13. The average Bonchev–Trinajstić information content (AvgIpc) is 2.59. The van der Waals surface area contributed by atoms with E-state index in [1.54, 1.807) is 22.7 Å². The lowest BCUT2D eigenvalue weighted by Crippen LogP contribution is -2.52. The summed E-state index contributed by atoms with van der Waals surface area (Å²) in [6.45, 7) is 2.07. The van der Waals surface area contributed by atoms with E-state index in [1.807, 2.05) is 41.5 Å². The molecule has 1 saturated heterocycles. The molecule has 1 fully saturated rings. The van der Waals surface area contributed by atoms with Gasteiger partial charge < -0.3 is 15.5 Å². The third kappa shape index (κ3) is 3.33. The number of amides is 2. The van der Waals surface area contributed by atoms with Gasteiger partial charge in [0.05, 0.1) is 0 Å². The summed E-state index contributed by atoms with van der Waals surface area (Å²) in [7, 11) is 0. The van der Waals surface area contributed by atoms with Crippen LogP contribution in [0, 0.1) is 0 Å². The Labute approximate surface area is 145 Å². The lowest BCUT2D eigenvalue weighted by atomic mass is 10.0. The molecule has 2 aromatic rings. The highest BCUT2D eigenvalue weighted by atomic mass is 32.2. The molecule has 1 aliphatic rings.